The third-order valence-electron chi connectivity index (χ3n) is 7.23. The molecule has 2 aromatic rings. The van der Waals surface area contributed by atoms with Crippen molar-refractivity contribution in [2.45, 2.75) is 50.1 Å². The van der Waals surface area contributed by atoms with Crippen LogP contribution in [0.2, 0.25) is 0 Å². The smallest absolute Gasteiger partial charge is 0.381 e. The molecule has 35 heavy (non-hydrogen) atoms. The minimum atomic E-state index is -4.42. The van der Waals surface area contributed by atoms with Crippen LogP contribution in [0.3, 0.4) is 0 Å². The Kier molecular flexibility index (Phi) is 6.69. The molecule has 2 aromatic carbocycles. The summed E-state index contributed by atoms with van der Waals surface area (Å²) < 4.78 is 46.9. The zero-order valence-corrected chi connectivity index (χ0v) is 19.3. The van der Waals surface area contributed by atoms with Crippen LogP contribution >= 0.6 is 0 Å². The number of carbonyl (C=O) groups is 1. The van der Waals surface area contributed by atoms with E-state index in [2.05, 4.69) is 22.8 Å². The molecule has 2 N–H and O–H groups in total. The number of allylic oxidation sites excluding steroid dienone is 3. The van der Waals surface area contributed by atoms with E-state index in [-0.39, 0.29) is 36.3 Å². The summed E-state index contributed by atoms with van der Waals surface area (Å²) in [6.45, 7) is 0.341. The Hall–Kier alpha value is -3.06. The van der Waals surface area contributed by atoms with E-state index in [4.69, 9.17) is 4.74 Å². The van der Waals surface area contributed by atoms with Crippen LogP contribution in [0, 0.1) is 11.8 Å². The first-order valence-corrected chi connectivity index (χ1v) is 12.2. The molecule has 5 rings (SSSR count). The van der Waals surface area contributed by atoms with E-state index in [0.717, 1.165) is 30.9 Å². The molecule has 1 unspecified atom stereocenters. The Morgan fingerprint density at radius 3 is 2.66 bits per heavy atom. The van der Waals surface area contributed by atoms with Gasteiger partial charge in [0.2, 0.25) is 5.91 Å². The average molecular weight is 483 g/mol. The van der Waals surface area contributed by atoms with Gasteiger partial charge in [-0.3, -0.25) is 4.79 Å². The summed E-state index contributed by atoms with van der Waals surface area (Å²) in [7, 11) is 0. The number of rotatable bonds is 5. The van der Waals surface area contributed by atoms with Crippen molar-refractivity contribution in [3.63, 3.8) is 0 Å². The molecule has 0 bridgehead atoms. The Balaban J connectivity index is 1.33. The number of anilines is 1. The highest BCUT2D eigenvalue weighted by Crippen LogP contribution is 2.49. The second kappa shape index (κ2) is 9.90. The molecule has 0 aromatic heterocycles. The Labute approximate surface area is 203 Å². The molecule has 2 heterocycles. The number of nitrogens with one attached hydrogen (secondary N) is 2. The monoisotopic (exact) mass is 482 g/mol. The third kappa shape index (κ3) is 5.30. The zero-order chi connectivity index (χ0) is 24.4. The van der Waals surface area contributed by atoms with Crippen molar-refractivity contribution in [3.8, 4) is 0 Å². The molecule has 7 heteroatoms. The molecule has 5 atom stereocenters. The van der Waals surface area contributed by atoms with Crippen LogP contribution in [-0.2, 0) is 22.1 Å². The van der Waals surface area contributed by atoms with Crippen LogP contribution in [0.25, 0.3) is 0 Å². The summed E-state index contributed by atoms with van der Waals surface area (Å²) in [6, 6.07) is 13.4. The lowest BCUT2D eigenvalue weighted by molar-refractivity contribution is -0.138. The topological polar surface area (TPSA) is 50.4 Å². The first-order valence-electron chi connectivity index (χ1n) is 12.2. The number of carbonyl (C=O) groups excluding carboxylic acids is 1. The zero-order valence-electron chi connectivity index (χ0n) is 19.3. The third-order valence-corrected chi connectivity index (χ3v) is 7.23. The standard InChI is InChI=1S/C28H29F3N2O2/c29-28(30,31)20-11-14-24-23(16-20)27-22(26(33-24)19-9-5-2-6-10-19)13-12-21(35-27)17-32-25(34)15-18-7-3-1-4-8-18/h1-9,11,14,16,19,21-22,26-27,33H,10,12-13,15,17H2,(H,32,34)/t19?,21-,22+,26+,27+/m1/s1. The van der Waals surface area contributed by atoms with Gasteiger partial charge in [-0.25, -0.2) is 0 Å². The second-order valence-electron chi connectivity index (χ2n) is 9.57. The number of fused-ring (bicyclic) bond motifs is 3. The number of amides is 1. The Bertz CT molecular complexity index is 1110. The van der Waals surface area contributed by atoms with Crippen molar-refractivity contribution in [3.05, 3.63) is 89.5 Å². The van der Waals surface area contributed by atoms with Gasteiger partial charge in [-0.05, 0) is 43.0 Å². The van der Waals surface area contributed by atoms with Crippen LogP contribution in [0.1, 0.15) is 42.1 Å². The van der Waals surface area contributed by atoms with Crippen LogP contribution in [-0.4, -0.2) is 24.6 Å². The summed E-state index contributed by atoms with van der Waals surface area (Å²) in [5, 5.41) is 6.49. The number of hydrogen-bond acceptors (Lipinski definition) is 3. The molecule has 0 spiro atoms. The van der Waals surface area contributed by atoms with Crippen LogP contribution in [0.15, 0.2) is 72.8 Å². The van der Waals surface area contributed by atoms with E-state index < -0.39 is 17.8 Å². The van der Waals surface area contributed by atoms with Crippen molar-refractivity contribution in [1.29, 1.82) is 0 Å². The lowest BCUT2D eigenvalue weighted by Gasteiger charge is -2.47. The number of ether oxygens (including phenoxy) is 1. The number of alkyl halides is 3. The summed E-state index contributed by atoms with van der Waals surface area (Å²) in [6.07, 6.45) is 5.93. The van der Waals surface area contributed by atoms with Gasteiger partial charge >= 0.3 is 6.18 Å². The van der Waals surface area contributed by atoms with Crippen molar-refractivity contribution in [2.75, 3.05) is 11.9 Å². The van der Waals surface area contributed by atoms with Crippen molar-refractivity contribution >= 4 is 11.6 Å². The van der Waals surface area contributed by atoms with E-state index >= 15 is 0 Å². The van der Waals surface area contributed by atoms with Crippen molar-refractivity contribution in [2.24, 2.45) is 11.8 Å². The molecule has 0 radical (unpaired) electrons. The maximum Gasteiger partial charge on any atom is 0.416 e. The minimum Gasteiger partial charge on any atom is -0.381 e. The van der Waals surface area contributed by atoms with Gasteiger partial charge in [-0.1, -0.05) is 54.6 Å². The Morgan fingerprint density at radius 1 is 1.09 bits per heavy atom. The fraction of sp³-hybridized carbons (Fsp3) is 0.393. The predicted octanol–water partition coefficient (Wildman–Crippen LogP) is 5.83. The van der Waals surface area contributed by atoms with Gasteiger partial charge in [0.1, 0.15) is 0 Å². The molecule has 1 fully saturated rings. The quantitative estimate of drug-likeness (QED) is 0.564. The van der Waals surface area contributed by atoms with Crippen molar-refractivity contribution < 1.29 is 22.7 Å². The van der Waals surface area contributed by atoms with E-state index in [1.165, 1.54) is 12.1 Å². The molecule has 2 aliphatic heterocycles. The SMILES string of the molecule is O=C(Cc1ccccc1)NC[C@H]1CC[C@@H]2[C@H](O1)c1cc(C(F)(F)F)ccc1N[C@H]2C1C=CC=CC1. The molecule has 184 valence electrons. The predicted molar refractivity (Wildman–Crippen MR) is 129 cm³/mol. The van der Waals surface area contributed by atoms with Crippen LogP contribution < -0.4 is 10.6 Å². The van der Waals surface area contributed by atoms with Gasteiger partial charge < -0.3 is 15.4 Å². The molecule has 1 amide bonds. The molecule has 1 aliphatic carbocycles. The largest absolute Gasteiger partial charge is 0.416 e. The first kappa shape index (κ1) is 23.7. The highest BCUT2D eigenvalue weighted by molar-refractivity contribution is 5.78. The van der Waals surface area contributed by atoms with Gasteiger partial charge in [0.15, 0.2) is 0 Å². The summed E-state index contributed by atoms with van der Waals surface area (Å²) in [5.74, 6) is 0.195. The molecule has 4 nitrogen and oxygen atoms in total. The number of benzene rings is 2. The Morgan fingerprint density at radius 2 is 1.91 bits per heavy atom. The number of hydrogen-bond donors (Lipinski definition) is 2. The van der Waals surface area contributed by atoms with Gasteiger partial charge in [0.25, 0.3) is 0 Å². The van der Waals surface area contributed by atoms with E-state index in [1.54, 1.807) is 0 Å². The van der Waals surface area contributed by atoms with Crippen LogP contribution in [0.5, 0.6) is 0 Å². The maximum atomic E-state index is 13.5. The molecule has 0 saturated carbocycles. The van der Waals surface area contributed by atoms with E-state index in [1.807, 2.05) is 42.5 Å². The highest BCUT2D eigenvalue weighted by atomic mass is 19.4. The molecular formula is C28H29F3N2O2. The minimum absolute atomic E-state index is 0.0448. The van der Waals surface area contributed by atoms with Gasteiger partial charge in [0.05, 0.1) is 24.2 Å². The number of halogens is 3. The van der Waals surface area contributed by atoms with E-state index in [0.29, 0.717) is 17.8 Å². The van der Waals surface area contributed by atoms with Crippen LogP contribution in [0.4, 0.5) is 18.9 Å². The fourth-order valence-electron chi connectivity index (χ4n) is 5.48. The lowest BCUT2D eigenvalue weighted by atomic mass is 9.73. The normalized spacial score (nSPS) is 27.5. The summed E-state index contributed by atoms with van der Waals surface area (Å²) >= 11 is 0. The highest BCUT2D eigenvalue weighted by Gasteiger charge is 2.45. The second-order valence-corrected chi connectivity index (χ2v) is 9.57. The molecular weight excluding hydrogens is 453 g/mol. The van der Waals surface area contributed by atoms with Crippen molar-refractivity contribution in [1.82, 2.24) is 5.32 Å². The maximum absolute atomic E-state index is 13.5. The first-order chi connectivity index (χ1) is 16.9. The lowest BCUT2D eigenvalue weighted by Crippen LogP contribution is -2.48. The molecule has 1 saturated heterocycles. The summed E-state index contributed by atoms with van der Waals surface area (Å²) in [4.78, 5) is 12.4. The van der Waals surface area contributed by atoms with E-state index in [9.17, 15) is 18.0 Å². The summed E-state index contributed by atoms with van der Waals surface area (Å²) in [5.41, 5.74) is 1.51. The van der Waals surface area contributed by atoms with Gasteiger partial charge in [-0.2, -0.15) is 13.2 Å². The average Bonchev–Trinajstić information content (AvgIpc) is 2.87. The fourth-order valence-corrected chi connectivity index (χ4v) is 5.48. The van der Waals surface area contributed by atoms with Gasteiger partial charge in [-0.15, -0.1) is 0 Å². The van der Waals surface area contributed by atoms with Gasteiger partial charge in [0, 0.05) is 35.7 Å². The molecule has 3 aliphatic rings.